The number of hydrogen-bond donors (Lipinski definition) is 1. The minimum Gasteiger partial charge on any atom is -0.462 e. The molecule has 0 atom stereocenters. The minimum atomic E-state index is -0.365. The molecular formula is C22H24N4O3S. The van der Waals surface area contributed by atoms with Gasteiger partial charge < -0.3 is 10.1 Å². The Kier molecular flexibility index (Phi) is 7.24. The highest BCUT2D eigenvalue weighted by atomic mass is 32.2. The fourth-order valence-electron chi connectivity index (χ4n) is 2.72. The van der Waals surface area contributed by atoms with Crippen molar-refractivity contribution in [3.05, 3.63) is 65.5 Å². The zero-order valence-corrected chi connectivity index (χ0v) is 18.0. The van der Waals surface area contributed by atoms with E-state index in [-0.39, 0.29) is 17.6 Å². The molecule has 2 aromatic carbocycles. The number of ether oxygens (including phenoxy) is 1. The van der Waals surface area contributed by atoms with Crippen molar-refractivity contribution in [2.45, 2.75) is 32.3 Å². The lowest BCUT2D eigenvalue weighted by molar-refractivity contribution is -0.113. The number of hydrogen-bond acceptors (Lipinski definition) is 6. The van der Waals surface area contributed by atoms with Crippen LogP contribution < -0.4 is 5.32 Å². The fourth-order valence-corrected chi connectivity index (χ4v) is 3.52. The molecule has 0 aliphatic rings. The highest BCUT2D eigenvalue weighted by molar-refractivity contribution is 7.99. The Morgan fingerprint density at radius 2 is 1.73 bits per heavy atom. The van der Waals surface area contributed by atoms with E-state index in [0.29, 0.717) is 23.0 Å². The predicted octanol–water partition coefficient (Wildman–Crippen LogP) is 4.18. The van der Waals surface area contributed by atoms with E-state index in [1.807, 2.05) is 49.6 Å². The number of anilines is 1. The maximum atomic E-state index is 12.4. The molecule has 0 bridgehead atoms. The topological polar surface area (TPSA) is 86.1 Å². The molecule has 8 heteroatoms. The van der Waals surface area contributed by atoms with Gasteiger partial charge in [0, 0.05) is 11.4 Å². The Hall–Kier alpha value is -3.13. The number of amides is 1. The summed E-state index contributed by atoms with van der Waals surface area (Å²) in [7, 11) is 0. The lowest BCUT2D eigenvalue weighted by Gasteiger charge is -2.09. The number of thioether (sulfide) groups is 1. The summed E-state index contributed by atoms with van der Waals surface area (Å²) in [5, 5.41) is 11.8. The Balaban J connectivity index is 1.59. The van der Waals surface area contributed by atoms with E-state index < -0.39 is 0 Å². The Morgan fingerprint density at radius 3 is 2.40 bits per heavy atom. The normalized spacial score (nSPS) is 10.6. The van der Waals surface area contributed by atoms with Crippen LogP contribution in [-0.4, -0.2) is 39.0 Å². The number of nitrogens with zero attached hydrogens (tertiary/aromatic N) is 3. The molecule has 0 saturated carbocycles. The number of benzene rings is 2. The van der Waals surface area contributed by atoms with Gasteiger partial charge in [0.15, 0.2) is 5.16 Å². The predicted molar refractivity (Wildman–Crippen MR) is 117 cm³/mol. The quantitative estimate of drug-likeness (QED) is 0.431. The highest BCUT2D eigenvalue weighted by Gasteiger charge is 2.14. The second kappa shape index (κ2) is 10.1. The molecule has 1 amide bonds. The molecule has 1 N–H and O–H groups in total. The number of nitrogens with one attached hydrogen (secondary N) is 1. The smallest absolute Gasteiger partial charge is 0.338 e. The van der Waals surface area contributed by atoms with E-state index in [1.165, 1.54) is 17.3 Å². The summed E-state index contributed by atoms with van der Waals surface area (Å²) in [6, 6.07) is 14.7. The van der Waals surface area contributed by atoms with Gasteiger partial charge in [-0.05, 0) is 56.7 Å². The van der Waals surface area contributed by atoms with Gasteiger partial charge in [0.25, 0.3) is 0 Å². The van der Waals surface area contributed by atoms with Crippen molar-refractivity contribution >= 4 is 29.3 Å². The van der Waals surface area contributed by atoms with Crippen molar-refractivity contribution < 1.29 is 14.3 Å². The van der Waals surface area contributed by atoms with Gasteiger partial charge in [-0.1, -0.05) is 36.4 Å². The van der Waals surface area contributed by atoms with Crippen LogP contribution in [0.15, 0.2) is 53.7 Å². The lowest BCUT2D eigenvalue weighted by Crippen LogP contribution is -2.15. The van der Waals surface area contributed by atoms with Gasteiger partial charge in [-0.15, -0.1) is 10.2 Å². The molecule has 3 rings (SSSR count). The molecule has 30 heavy (non-hydrogen) atoms. The first-order valence-corrected chi connectivity index (χ1v) is 10.7. The largest absolute Gasteiger partial charge is 0.462 e. The molecule has 1 aromatic heterocycles. The van der Waals surface area contributed by atoms with Crippen LogP contribution in [0.5, 0.6) is 0 Å². The monoisotopic (exact) mass is 424 g/mol. The first-order valence-electron chi connectivity index (χ1n) is 9.67. The molecular weight excluding hydrogens is 400 g/mol. The minimum absolute atomic E-state index is 0.169. The van der Waals surface area contributed by atoms with Gasteiger partial charge in [0.05, 0.1) is 17.9 Å². The van der Waals surface area contributed by atoms with Crippen LogP contribution in [0.2, 0.25) is 0 Å². The summed E-state index contributed by atoms with van der Waals surface area (Å²) < 4.78 is 7.02. The van der Waals surface area contributed by atoms with Gasteiger partial charge in [-0.2, -0.15) is 0 Å². The van der Waals surface area contributed by atoms with Crippen LogP contribution in [0.3, 0.4) is 0 Å². The van der Waals surface area contributed by atoms with E-state index in [9.17, 15) is 9.59 Å². The van der Waals surface area contributed by atoms with Crippen LogP contribution in [0, 0.1) is 13.8 Å². The molecule has 0 unspecified atom stereocenters. The second-order valence-electron chi connectivity index (χ2n) is 6.75. The fraction of sp³-hybridized carbons (Fsp3) is 0.273. The third kappa shape index (κ3) is 5.48. The van der Waals surface area contributed by atoms with Crippen LogP contribution in [0.25, 0.3) is 5.69 Å². The molecule has 0 aliphatic carbocycles. The number of carbonyl (C=O) groups is 2. The van der Waals surface area contributed by atoms with Gasteiger partial charge in [-0.25, -0.2) is 4.79 Å². The van der Waals surface area contributed by atoms with E-state index >= 15 is 0 Å². The van der Waals surface area contributed by atoms with Gasteiger partial charge in [-0.3, -0.25) is 9.36 Å². The maximum absolute atomic E-state index is 12.4. The summed E-state index contributed by atoms with van der Waals surface area (Å²) in [5.41, 5.74) is 3.19. The van der Waals surface area contributed by atoms with Gasteiger partial charge in [0.2, 0.25) is 5.91 Å². The summed E-state index contributed by atoms with van der Waals surface area (Å²) in [4.78, 5) is 24.2. The molecule has 0 fully saturated rings. The van der Waals surface area contributed by atoms with Crippen molar-refractivity contribution in [1.82, 2.24) is 14.8 Å². The first kappa shape index (κ1) is 21.6. The molecule has 3 aromatic rings. The van der Waals surface area contributed by atoms with E-state index in [0.717, 1.165) is 17.9 Å². The molecule has 7 nitrogen and oxygen atoms in total. The van der Waals surface area contributed by atoms with Crippen molar-refractivity contribution in [2.24, 2.45) is 0 Å². The summed E-state index contributed by atoms with van der Waals surface area (Å²) >= 11 is 1.31. The molecule has 156 valence electrons. The maximum Gasteiger partial charge on any atom is 0.338 e. The van der Waals surface area contributed by atoms with Crippen molar-refractivity contribution in [3.8, 4) is 5.69 Å². The average molecular weight is 425 g/mol. The van der Waals surface area contributed by atoms with E-state index in [4.69, 9.17) is 4.74 Å². The number of carbonyl (C=O) groups excluding carboxylic acids is 2. The van der Waals surface area contributed by atoms with E-state index in [2.05, 4.69) is 15.5 Å². The molecule has 0 aliphatic heterocycles. The van der Waals surface area contributed by atoms with Crippen molar-refractivity contribution in [2.75, 3.05) is 17.7 Å². The second-order valence-corrected chi connectivity index (χ2v) is 7.69. The lowest BCUT2D eigenvalue weighted by atomic mass is 10.2. The van der Waals surface area contributed by atoms with Crippen molar-refractivity contribution in [3.63, 3.8) is 0 Å². The van der Waals surface area contributed by atoms with Crippen LogP contribution in [0.1, 0.15) is 35.1 Å². The first-order chi connectivity index (χ1) is 14.5. The average Bonchev–Trinajstić information content (AvgIpc) is 3.12. The molecule has 0 spiro atoms. The third-order valence-electron chi connectivity index (χ3n) is 4.26. The Bertz CT molecular complexity index is 1010. The highest BCUT2D eigenvalue weighted by Crippen LogP contribution is 2.22. The number of rotatable bonds is 8. The molecule has 1 heterocycles. The summed E-state index contributed by atoms with van der Waals surface area (Å²) in [6.45, 7) is 6.24. The summed E-state index contributed by atoms with van der Waals surface area (Å²) in [6.07, 6.45) is 0.773. The van der Waals surface area contributed by atoms with Gasteiger partial charge >= 0.3 is 5.97 Å². The molecule has 0 saturated heterocycles. The number of esters is 1. The third-order valence-corrected chi connectivity index (χ3v) is 5.19. The van der Waals surface area contributed by atoms with Gasteiger partial charge in [0.1, 0.15) is 5.82 Å². The van der Waals surface area contributed by atoms with Crippen LogP contribution in [-0.2, 0) is 9.53 Å². The zero-order chi connectivity index (χ0) is 21.5. The summed E-state index contributed by atoms with van der Waals surface area (Å²) in [5.74, 6) is 0.408. The van der Waals surface area contributed by atoms with Crippen LogP contribution in [0.4, 0.5) is 5.69 Å². The standard InChI is InChI=1S/C22H24N4O3S/c1-4-13-29-21(28)17-7-9-18(10-8-17)23-20(27)14-30-22-25-24-16(3)26(22)19-11-5-15(2)6-12-19/h5-12H,4,13-14H2,1-3H3,(H,23,27). The van der Waals surface area contributed by atoms with Crippen molar-refractivity contribution in [1.29, 1.82) is 0 Å². The van der Waals surface area contributed by atoms with E-state index in [1.54, 1.807) is 24.3 Å². The van der Waals surface area contributed by atoms with Crippen LogP contribution >= 0.6 is 11.8 Å². The Morgan fingerprint density at radius 1 is 1.03 bits per heavy atom. The SMILES string of the molecule is CCCOC(=O)c1ccc(NC(=O)CSc2nnc(C)n2-c2ccc(C)cc2)cc1. The zero-order valence-electron chi connectivity index (χ0n) is 17.2. The molecule has 0 radical (unpaired) electrons. The number of aromatic nitrogens is 3. The number of aryl methyl sites for hydroxylation is 2. The Labute approximate surface area is 179 Å².